The van der Waals surface area contributed by atoms with Crippen molar-refractivity contribution in [2.75, 3.05) is 13.1 Å². The van der Waals surface area contributed by atoms with Crippen LogP contribution in [0.15, 0.2) is 30.3 Å². The molecule has 0 saturated carbocycles. The summed E-state index contributed by atoms with van der Waals surface area (Å²) in [5.74, 6) is -0.976. The lowest BCUT2D eigenvalue weighted by Crippen LogP contribution is -2.47. The molecule has 1 aromatic carbocycles. The van der Waals surface area contributed by atoms with Crippen LogP contribution in [0.4, 0.5) is 9.59 Å². The third-order valence-corrected chi connectivity index (χ3v) is 4.29. The number of nitrogens with one attached hydrogen (secondary N) is 3. The highest BCUT2D eigenvalue weighted by atomic mass is 16.2. The van der Waals surface area contributed by atoms with Gasteiger partial charge in [0.25, 0.3) is 5.91 Å². The molecule has 146 valence electrons. The zero-order valence-corrected chi connectivity index (χ0v) is 15.9. The summed E-state index contributed by atoms with van der Waals surface area (Å²) in [7, 11) is 0. The SMILES string of the molecule is CCCC1(c2ccccc2)NC(=O)N(CC(=O)NC(=O)NCC(C)C)C1=O. The molecule has 0 radical (unpaired) electrons. The Morgan fingerprint density at radius 1 is 1.19 bits per heavy atom. The minimum Gasteiger partial charge on any atom is -0.338 e. The Bertz CT molecular complexity index is 720. The molecule has 1 atom stereocenters. The molecule has 1 saturated heterocycles. The molecule has 8 nitrogen and oxygen atoms in total. The van der Waals surface area contributed by atoms with E-state index in [1.807, 2.05) is 26.8 Å². The van der Waals surface area contributed by atoms with Gasteiger partial charge in [0.15, 0.2) is 0 Å². The van der Waals surface area contributed by atoms with E-state index < -0.39 is 36.0 Å². The molecule has 1 heterocycles. The molecule has 3 N–H and O–H groups in total. The molecule has 8 heteroatoms. The smallest absolute Gasteiger partial charge is 0.325 e. The summed E-state index contributed by atoms with van der Waals surface area (Å²) in [5.41, 5.74) is -0.518. The Kier molecular flexibility index (Phi) is 6.55. The van der Waals surface area contributed by atoms with Crippen LogP contribution in [0.2, 0.25) is 0 Å². The average Bonchev–Trinajstić information content (AvgIpc) is 2.86. The summed E-state index contributed by atoms with van der Waals surface area (Å²) in [4.78, 5) is 50.1. The van der Waals surface area contributed by atoms with Gasteiger partial charge >= 0.3 is 12.1 Å². The third-order valence-electron chi connectivity index (χ3n) is 4.29. The molecule has 1 fully saturated rings. The number of nitrogens with zero attached hydrogens (tertiary/aromatic N) is 1. The molecule has 2 rings (SSSR count). The monoisotopic (exact) mass is 374 g/mol. The number of imide groups is 2. The van der Waals surface area contributed by atoms with Gasteiger partial charge in [-0.2, -0.15) is 0 Å². The number of hydrogen-bond donors (Lipinski definition) is 3. The zero-order valence-electron chi connectivity index (χ0n) is 15.9. The fourth-order valence-corrected chi connectivity index (χ4v) is 3.03. The topological polar surface area (TPSA) is 108 Å². The van der Waals surface area contributed by atoms with E-state index in [2.05, 4.69) is 16.0 Å². The van der Waals surface area contributed by atoms with E-state index in [1.165, 1.54) is 0 Å². The summed E-state index contributed by atoms with van der Waals surface area (Å²) >= 11 is 0. The van der Waals surface area contributed by atoms with Crippen LogP contribution in [0.5, 0.6) is 0 Å². The van der Waals surface area contributed by atoms with Gasteiger partial charge in [-0.15, -0.1) is 0 Å². The van der Waals surface area contributed by atoms with Crippen LogP contribution in [0.25, 0.3) is 0 Å². The maximum Gasteiger partial charge on any atom is 0.325 e. The first-order valence-corrected chi connectivity index (χ1v) is 9.07. The van der Waals surface area contributed by atoms with Crippen LogP contribution in [-0.4, -0.2) is 41.9 Å². The number of carbonyl (C=O) groups is 4. The summed E-state index contributed by atoms with van der Waals surface area (Å²) in [6.07, 6.45) is 1.08. The molecule has 0 aliphatic carbocycles. The normalized spacial score (nSPS) is 19.2. The van der Waals surface area contributed by atoms with Crippen molar-refractivity contribution in [1.29, 1.82) is 0 Å². The Labute approximate surface area is 158 Å². The molecule has 0 bridgehead atoms. The Balaban J connectivity index is 2.10. The lowest BCUT2D eigenvalue weighted by molar-refractivity contribution is -0.135. The molecule has 0 spiro atoms. The molecule has 0 aromatic heterocycles. The van der Waals surface area contributed by atoms with E-state index in [9.17, 15) is 19.2 Å². The van der Waals surface area contributed by atoms with Crippen molar-refractivity contribution in [3.05, 3.63) is 35.9 Å². The molecule has 6 amide bonds. The minimum atomic E-state index is -1.19. The van der Waals surface area contributed by atoms with Gasteiger partial charge in [0, 0.05) is 6.54 Å². The van der Waals surface area contributed by atoms with Crippen molar-refractivity contribution in [3.63, 3.8) is 0 Å². The second-order valence-corrected chi connectivity index (χ2v) is 6.99. The highest BCUT2D eigenvalue weighted by Gasteiger charge is 2.52. The quantitative estimate of drug-likeness (QED) is 0.632. The average molecular weight is 374 g/mol. The fraction of sp³-hybridized carbons (Fsp3) is 0.474. The third kappa shape index (κ3) is 4.64. The second-order valence-electron chi connectivity index (χ2n) is 6.99. The van der Waals surface area contributed by atoms with E-state index >= 15 is 0 Å². The minimum absolute atomic E-state index is 0.234. The lowest BCUT2D eigenvalue weighted by Gasteiger charge is -2.26. The number of urea groups is 2. The zero-order chi connectivity index (χ0) is 20.0. The van der Waals surface area contributed by atoms with Gasteiger partial charge in [-0.3, -0.25) is 19.8 Å². The predicted molar refractivity (Wildman–Crippen MR) is 99.7 cm³/mol. The van der Waals surface area contributed by atoms with E-state index in [0.29, 0.717) is 24.9 Å². The van der Waals surface area contributed by atoms with Crippen LogP contribution in [0, 0.1) is 5.92 Å². The van der Waals surface area contributed by atoms with Crippen molar-refractivity contribution >= 4 is 23.9 Å². The lowest BCUT2D eigenvalue weighted by atomic mass is 9.85. The van der Waals surface area contributed by atoms with Crippen molar-refractivity contribution < 1.29 is 19.2 Å². The molecule has 1 aliphatic heterocycles. The van der Waals surface area contributed by atoms with Gasteiger partial charge < -0.3 is 10.6 Å². The van der Waals surface area contributed by atoms with Crippen LogP contribution in [0.3, 0.4) is 0 Å². The van der Waals surface area contributed by atoms with Crippen molar-refractivity contribution in [1.82, 2.24) is 20.9 Å². The Morgan fingerprint density at radius 2 is 1.85 bits per heavy atom. The summed E-state index contributed by atoms with van der Waals surface area (Å²) in [6, 6.07) is 7.67. The number of amides is 6. The first-order valence-electron chi connectivity index (χ1n) is 9.07. The summed E-state index contributed by atoms with van der Waals surface area (Å²) in [5, 5.41) is 7.43. The van der Waals surface area contributed by atoms with Crippen LogP contribution >= 0.6 is 0 Å². The van der Waals surface area contributed by atoms with Crippen molar-refractivity contribution in [2.45, 2.75) is 39.2 Å². The number of carbonyl (C=O) groups excluding carboxylic acids is 4. The number of hydrogen-bond acceptors (Lipinski definition) is 4. The largest absolute Gasteiger partial charge is 0.338 e. The highest BCUT2D eigenvalue weighted by Crippen LogP contribution is 2.33. The van der Waals surface area contributed by atoms with E-state index in [4.69, 9.17) is 0 Å². The molecule has 1 aromatic rings. The van der Waals surface area contributed by atoms with Crippen molar-refractivity contribution in [3.8, 4) is 0 Å². The van der Waals surface area contributed by atoms with E-state index in [-0.39, 0.29) is 5.92 Å². The molecular weight excluding hydrogens is 348 g/mol. The summed E-state index contributed by atoms with van der Waals surface area (Å²) < 4.78 is 0. The summed E-state index contributed by atoms with van der Waals surface area (Å²) in [6.45, 7) is 5.66. The predicted octanol–water partition coefficient (Wildman–Crippen LogP) is 1.72. The maximum atomic E-state index is 13.0. The van der Waals surface area contributed by atoms with E-state index in [1.54, 1.807) is 24.3 Å². The standard InChI is InChI=1S/C19H26N4O4/c1-4-10-19(14-8-6-5-7-9-14)16(25)23(18(27)22-19)12-15(24)21-17(26)20-11-13(2)3/h5-9,13H,4,10-12H2,1-3H3,(H,22,27)(H2,20,21,24,26). The Hall–Kier alpha value is -2.90. The van der Waals surface area contributed by atoms with Gasteiger partial charge in [0.05, 0.1) is 0 Å². The van der Waals surface area contributed by atoms with Crippen LogP contribution in [0.1, 0.15) is 39.2 Å². The molecular formula is C19H26N4O4. The first kappa shape index (κ1) is 20.4. The van der Waals surface area contributed by atoms with Crippen LogP contribution in [-0.2, 0) is 15.1 Å². The highest BCUT2D eigenvalue weighted by molar-refractivity contribution is 6.10. The number of benzene rings is 1. The fourth-order valence-electron chi connectivity index (χ4n) is 3.03. The second kappa shape index (κ2) is 8.66. The Morgan fingerprint density at radius 3 is 2.44 bits per heavy atom. The van der Waals surface area contributed by atoms with Gasteiger partial charge in [-0.05, 0) is 17.9 Å². The van der Waals surface area contributed by atoms with Crippen molar-refractivity contribution in [2.24, 2.45) is 5.92 Å². The van der Waals surface area contributed by atoms with E-state index in [0.717, 1.165) is 4.90 Å². The molecule has 27 heavy (non-hydrogen) atoms. The van der Waals surface area contributed by atoms with Gasteiger partial charge in [-0.25, -0.2) is 9.59 Å². The van der Waals surface area contributed by atoms with Gasteiger partial charge in [-0.1, -0.05) is 57.5 Å². The van der Waals surface area contributed by atoms with Gasteiger partial charge in [0.2, 0.25) is 5.91 Å². The number of rotatable bonds is 7. The molecule has 1 unspecified atom stereocenters. The maximum absolute atomic E-state index is 13.0. The van der Waals surface area contributed by atoms with Gasteiger partial charge in [0.1, 0.15) is 12.1 Å². The molecule has 1 aliphatic rings. The first-order chi connectivity index (χ1) is 12.8. The van der Waals surface area contributed by atoms with Crippen LogP contribution < -0.4 is 16.0 Å².